The van der Waals surface area contributed by atoms with Gasteiger partial charge in [0.1, 0.15) is 24.2 Å². The molecule has 1 aliphatic carbocycles. The lowest BCUT2D eigenvalue weighted by Gasteiger charge is -2.07. The molecule has 9 heteroatoms. The molecule has 0 bridgehead atoms. The number of H-pyrrole nitrogens is 1. The summed E-state index contributed by atoms with van der Waals surface area (Å²) in [5.74, 6) is 1.83. The Morgan fingerprint density at radius 1 is 1.33 bits per heavy atom. The van der Waals surface area contributed by atoms with Crippen LogP contribution in [-0.2, 0) is 4.79 Å². The lowest BCUT2D eigenvalue weighted by molar-refractivity contribution is -0.118. The van der Waals surface area contributed by atoms with Gasteiger partial charge in [-0.15, -0.1) is 15.3 Å². The second-order valence-corrected chi connectivity index (χ2v) is 5.52. The summed E-state index contributed by atoms with van der Waals surface area (Å²) >= 11 is 0. The molecule has 0 unspecified atom stereocenters. The molecule has 3 aromatic rings. The quantitative estimate of drug-likeness (QED) is 0.706. The predicted molar refractivity (Wildman–Crippen MR) is 83.8 cm³/mol. The number of hydrogen-bond donors (Lipinski definition) is 2. The smallest absolute Gasteiger partial charge is 0.264 e. The number of benzene rings is 1. The number of nitrogens with zero attached hydrogens (tertiary/aromatic N) is 5. The standard InChI is InChI=1S/C15H15N7O2/c23-13(18-15-19-14(20-21-15)10-4-5-10)7-24-12-3-1-2-11(6-12)22-8-16-17-9-22/h1-3,6,8-10H,4-5,7H2,(H2,18,19,20,21,23). The molecule has 2 aromatic heterocycles. The molecule has 4 rings (SSSR count). The van der Waals surface area contributed by atoms with Crippen molar-refractivity contribution >= 4 is 11.9 Å². The Kier molecular flexibility index (Phi) is 3.66. The molecule has 1 amide bonds. The highest BCUT2D eigenvalue weighted by Gasteiger charge is 2.27. The van der Waals surface area contributed by atoms with Crippen LogP contribution in [-0.4, -0.2) is 42.5 Å². The number of aromatic nitrogens is 6. The van der Waals surface area contributed by atoms with Crippen molar-refractivity contribution in [3.63, 3.8) is 0 Å². The molecule has 9 nitrogen and oxygen atoms in total. The number of carbonyl (C=O) groups is 1. The summed E-state index contributed by atoms with van der Waals surface area (Å²) < 4.78 is 7.26. The van der Waals surface area contributed by atoms with Crippen LogP contribution in [0.4, 0.5) is 5.95 Å². The van der Waals surface area contributed by atoms with Crippen LogP contribution in [0.2, 0.25) is 0 Å². The highest BCUT2D eigenvalue weighted by atomic mass is 16.5. The largest absolute Gasteiger partial charge is 0.484 e. The zero-order chi connectivity index (χ0) is 16.4. The van der Waals surface area contributed by atoms with Crippen LogP contribution < -0.4 is 10.1 Å². The molecule has 1 aliphatic rings. The lowest BCUT2D eigenvalue weighted by Crippen LogP contribution is -2.20. The Morgan fingerprint density at radius 3 is 2.96 bits per heavy atom. The minimum absolute atomic E-state index is 0.126. The Bertz CT molecular complexity index is 839. The monoisotopic (exact) mass is 325 g/mol. The Morgan fingerprint density at radius 2 is 2.17 bits per heavy atom. The maximum Gasteiger partial charge on any atom is 0.264 e. The Hall–Kier alpha value is -3.23. The zero-order valence-electron chi connectivity index (χ0n) is 12.7. The van der Waals surface area contributed by atoms with Crippen molar-refractivity contribution in [2.75, 3.05) is 11.9 Å². The minimum Gasteiger partial charge on any atom is -0.484 e. The number of ether oxygens (including phenoxy) is 1. The molecule has 2 N–H and O–H groups in total. The first-order valence-electron chi connectivity index (χ1n) is 7.58. The van der Waals surface area contributed by atoms with Gasteiger partial charge in [0, 0.05) is 12.0 Å². The predicted octanol–water partition coefficient (Wildman–Crippen LogP) is 1.28. The highest BCUT2D eigenvalue weighted by Crippen LogP contribution is 2.38. The van der Waals surface area contributed by atoms with Gasteiger partial charge in [0.25, 0.3) is 5.91 Å². The van der Waals surface area contributed by atoms with Gasteiger partial charge in [0.15, 0.2) is 6.61 Å². The van der Waals surface area contributed by atoms with Gasteiger partial charge in [0.05, 0.1) is 5.69 Å². The number of anilines is 1. The van der Waals surface area contributed by atoms with Crippen LogP contribution >= 0.6 is 0 Å². The van der Waals surface area contributed by atoms with Crippen molar-refractivity contribution in [3.05, 3.63) is 42.7 Å². The van der Waals surface area contributed by atoms with Crippen molar-refractivity contribution in [1.29, 1.82) is 0 Å². The molecule has 1 saturated carbocycles. The van der Waals surface area contributed by atoms with E-state index in [9.17, 15) is 4.79 Å². The molecule has 1 fully saturated rings. The number of aromatic amines is 1. The summed E-state index contributed by atoms with van der Waals surface area (Å²) in [7, 11) is 0. The molecule has 0 saturated heterocycles. The van der Waals surface area contributed by atoms with Crippen LogP contribution in [0.3, 0.4) is 0 Å². The van der Waals surface area contributed by atoms with E-state index in [-0.39, 0.29) is 18.5 Å². The van der Waals surface area contributed by atoms with E-state index in [0.717, 1.165) is 24.4 Å². The fourth-order valence-electron chi connectivity index (χ4n) is 2.25. The molecule has 0 spiro atoms. The van der Waals surface area contributed by atoms with Crippen molar-refractivity contribution in [1.82, 2.24) is 29.9 Å². The summed E-state index contributed by atoms with van der Waals surface area (Å²) in [6.45, 7) is -0.126. The molecule has 0 radical (unpaired) electrons. The number of nitrogens with one attached hydrogen (secondary N) is 2. The van der Waals surface area contributed by atoms with Crippen molar-refractivity contribution in [3.8, 4) is 11.4 Å². The number of hydrogen-bond acceptors (Lipinski definition) is 6. The molecule has 0 atom stereocenters. The number of amides is 1. The average molecular weight is 325 g/mol. The van der Waals surface area contributed by atoms with Crippen LogP contribution in [0.5, 0.6) is 5.75 Å². The summed E-state index contributed by atoms with van der Waals surface area (Å²) in [6, 6.07) is 7.30. The lowest BCUT2D eigenvalue weighted by atomic mass is 10.3. The van der Waals surface area contributed by atoms with E-state index in [1.165, 1.54) is 0 Å². The van der Waals surface area contributed by atoms with Gasteiger partial charge in [-0.3, -0.25) is 19.8 Å². The second kappa shape index (κ2) is 6.11. The van der Waals surface area contributed by atoms with Gasteiger partial charge < -0.3 is 4.74 Å². The molecule has 122 valence electrons. The first-order chi connectivity index (χ1) is 11.8. The van der Waals surface area contributed by atoms with Gasteiger partial charge in [-0.05, 0) is 25.0 Å². The third-order valence-corrected chi connectivity index (χ3v) is 3.62. The van der Waals surface area contributed by atoms with Gasteiger partial charge >= 0.3 is 0 Å². The maximum absolute atomic E-state index is 11.9. The van der Waals surface area contributed by atoms with Crippen LogP contribution in [0.1, 0.15) is 24.6 Å². The van der Waals surface area contributed by atoms with Gasteiger partial charge in [-0.2, -0.15) is 4.98 Å². The van der Waals surface area contributed by atoms with E-state index < -0.39 is 0 Å². The Balaban J connectivity index is 1.34. The first-order valence-corrected chi connectivity index (χ1v) is 7.58. The summed E-state index contributed by atoms with van der Waals surface area (Å²) in [5.41, 5.74) is 0.848. The normalized spacial score (nSPS) is 13.7. The van der Waals surface area contributed by atoms with Crippen molar-refractivity contribution < 1.29 is 9.53 Å². The second-order valence-electron chi connectivity index (χ2n) is 5.52. The fraction of sp³-hybridized carbons (Fsp3) is 0.267. The minimum atomic E-state index is -0.314. The molecular formula is C15H15N7O2. The van der Waals surface area contributed by atoms with E-state index in [4.69, 9.17) is 4.74 Å². The zero-order valence-corrected chi connectivity index (χ0v) is 12.7. The third-order valence-electron chi connectivity index (χ3n) is 3.62. The topological polar surface area (TPSA) is 111 Å². The molecule has 24 heavy (non-hydrogen) atoms. The Labute approximate surface area is 137 Å². The van der Waals surface area contributed by atoms with E-state index in [2.05, 4.69) is 30.7 Å². The van der Waals surface area contributed by atoms with Crippen LogP contribution in [0, 0.1) is 0 Å². The molecule has 0 aliphatic heterocycles. The first kappa shape index (κ1) is 14.4. The fourth-order valence-corrected chi connectivity index (χ4v) is 2.25. The van der Waals surface area contributed by atoms with E-state index in [1.807, 2.05) is 12.1 Å². The van der Waals surface area contributed by atoms with Gasteiger partial charge in [-0.1, -0.05) is 6.07 Å². The van der Waals surface area contributed by atoms with Crippen LogP contribution in [0.25, 0.3) is 5.69 Å². The number of rotatable bonds is 6. The SMILES string of the molecule is O=C(COc1cccc(-n2cnnc2)c1)Nc1n[nH]c(C2CC2)n1. The maximum atomic E-state index is 11.9. The average Bonchev–Trinajstić information content (AvgIpc) is 3.11. The van der Waals surface area contributed by atoms with Crippen molar-refractivity contribution in [2.45, 2.75) is 18.8 Å². The van der Waals surface area contributed by atoms with Gasteiger partial charge in [-0.25, -0.2) is 0 Å². The summed E-state index contributed by atoms with van der Waals surface area (Å²) in [4.78, 5) is 16.2. The summed E-state index contributed by atoms with van der Waals surface area (Å²) in [6.07, 6.45) is 5.42. The highest BCUT2D eigenvalue weighted by molar-refractivity contribution is 5.90. The molecule has 2 heterocycles. The van der Waals surface area contributed by atoms with Crippen LogP contribution in [0.15, 0.2) is 36.9 Å². The van der Waals surface area contributed by atoms with E-state index in [0.29, 0.717) is 11.7 Å². The summed E-state index contributed by atoms with van der Waals surface area (Å²) in [5, 5.41) is 17.0. The van der Waals surface area contributed by atoms with E-state index in [1.54, 1.807) is 29.4 Å². The van der Waals surface area contributed by atoms with E-state index >= 15 is 0 Å². The molecular weight excluding hydrogens is 310 g/mol. The number of carbonyl (C=O) groups excluding carboxylic acids is 1. The van der Waals surface area contributed by atoms with Crippen molar-refractivity contribution in [2.24, 2.45) is 0 Å². The third kappa shape index (κ3) is 3.24. The molecule has 1 aromatic carbocycles. The van der Waals surface area contributed by atoms with Gasteiger partial charge in [0.2, 0.25) is 5.95 Å².